The lowest BCUT2D eigenvalue weighted by molar-refractivity contribution is -0.502. The third-order valence-corrected chi connectivity index (χ3v) is 7.17. The van der Waals surface area contributed by atoms with Crippen molar-refractivity contribution in [2.24, 2.45) is 0 Å². The highest BCUT2D eigenvalue weighted by Gasteiger charge is 2.53. The van der Waals surface area contributed by atoms with Gasteiger partial charge in [-0.05, 0) is 0 Å². The van der Waals surface area contributed by atoms with Gasteiger partial charge in [0, 0.05) is 14.2 Å². The third kappa shape index (κ3) is 5.41. The molecule has 20 nitrogen and oxygen atoms in total. The van der Waals surface area contributed by atoms with Gasteiger partial charge in [0.25, 0.3) is 0 Å². The Morgan fingerprint density at radius 3 is 1.64 bits per heavy atom. The van der Waals surface area contributed by atoms with Gasteiger partial charge in [0.05, 0.1) is 22.8 Å². The van der Waals surface area contributed by atoms with Crippen LogP contribution in [0.3, 0.4) is 0 Å². The van der Waals surface area contributed by atoms with Crippen molar-refractivity contribution in [2.45, 2.75) is 48.3 Å². The zero-order valence-corrected chi connectivity index (χ0v) is 23.0. The molecule has 2 aromatic carbocycles. The van der Waals surface area contributed by atoms with Gasteiger partial charge in [0.15, 0.2) is 23.0 Å². The molecule has 0 aromatic heterocycles. The van der Waals surface area contributed by atoms with E-state index in [1.807, 2.05) is 0 Å². The molecule has 16 N–H and O–H groups in total. The normalized spacial score (nSPS) is 23.1. The summed E-state index contributed by atoms with van der Waals surface area (Å²) in [7, 11) is 2.18. The molecule has 0 saturated carbocycles. The Bertz CT molecular complexity index is 1370. The standard InChI is InChI=1S/C23H29ClO20/c1-41-19-9(26)4(3-25)43-17(20(19)42-2)5-10(27)6(8(24)14(31)11(5)28)21(34,35)7-12(29)15(32)18(16(33)13(7)30)44-23(39,40)22(36,37)38/h4,9,17,19-20,25-40H,3H2,1-2H3. The fourth-order valence-corrected chi connectivity index (χ4v) is 4.88. The second kappa shape index (κ2) is 11.9. The number of methoxy groups -OCH3 is 2. The minimum atomic E-state index is -4.51. The third-order valence-electron chi connectivity index (χ3n) is 6.80. The molecule has 0 bridgehead atoms. The number of phenols is 7. The Balaban J connectivity index is 2.33. The Hall–Kier alpha value is -3.35. The van der Waals surface area contributed by atoms with Crippen molar-refractivity contribution in [3.05, 3.63) is 21.7 Å². The Morgan fingerprint density at radius 1 is 0.705 bits per heavy atom. The van der Waals surface area contributed by atoms with Crippen molar-refractivity contribution in [3.8, 4) is 46.0 Å². The van der Waals surface area contributed by atoms with E-state index < -0.39 is 123 Å². The number of aliphatic hydroxyl groups excluding tert-OH is 2. The van der Waals surface area contributed by atoms with Crippen LogP contribution in [0.1, 0.15) is 22.8 Å². The topological polar surface area (TPSA) is 361 Å². The number of phenolic OH excluding ortho intramolecular Hbond substituents is 7. The molecule has 0 amide bonds. The van der Waals surface area contributed by atoms with E-state index in [-0.39, 0.29) is 0 Å². The van der Waals surface area contributed by atoms with Crippen LogP contribution in [0, 0.1) is 0 Å². The van der Waals surface area contributed by atoms with Gasteiger partial charge in [0.1, 0.15) is 41.8 Å². The summed E-state index contributed by atoms with van der Waals surface area (Å²) >= 11 is 5.98. The fourth-order valence-electron chi connectivity index (χ4n) is 4.57. The molecule has 0 spiro atoms. The molecular formula is C23H29ClO20. The lowest BCUT2D eigenvalue weighted by Gasteiger charge is -2.43. The van der Waals surface area contributed by atoms with E-state index in [4.69, 9.17) is 41.1 Å². The zero-order chi connectivity index (χ0) is 33.9. The van der Waals surface area contributed by atoms with Gasteiger partial charge >= 0.3 is 11.9 Å². The largest absolute Gasteiger partial charge is 0.507 e. The van der Waals surface area contributed by atoms with E-state index in [0.29, 0.717) is 0 Å². The monoisotopic (exact) mass is 660 g/mol. The molecular weight excluding hydrogens is 632 g/mol. The number of rotatable bonds is 9. The predicted molar refractivity (Wildman–Crippen MR) is 134 cm³/mol. The Morgan fingerprint density at radius 2 is 1.20 bits per heavy atom. The van der Waals surface area contributed by atoms with E-state index in [9.17, 15) is 66.4 Å². The van der Waals surface area contributed by atoms with Crippen molar-refractivity contribution in [2.75, 3.05) is 20.8 Å². The second-order valence-electron chi connectivity index (χ2n) is 9.43. The van der Waals surface area contributed by atoms with Crippen LogP contribution < -0.4 is 4.74 Å². The molecule has 44 heavy (non-hydrogen) atoms. The lowest BCUT2D eigenvalue weighted by atomic mass is 9.86. The van der Waals surface area contributed by atoms with Crippen LogP contribution in [-0.2, 0) is 20.0 Å². The first-order chi connectivity index (χ1) is 20.1. The smallest absolute Gasteiger partial charge is 0.409 e. The number of benzene rings is 2. The van der Waals surface area contributed by atoms with Crippen molar-refractivity contribution in [1.29, 1.82) is 0 Å². The van der Waals surface area contributed by atoms with E-state index in [1.165, 1.54) is 0 Å². The van der Waals surface area contributed by atoms with Crippen LogP contribution in [0.5, 0.6) is 46.0 Å². The molecule has 1 aliphatic rings. The van der Waals surface area contributed by atoms with Crippen molar-refractivity contribution in [1.82, 2.24) is 0 Å². The molecule has 1 heterocycles. The van der Waals surface area contributed by atoms with Crippen LogP contribution in [0.4, 0.5) is 0 Å². The molecule has 5 unspecified atom stereocenters. The molecule has 2 aromatic rings. The highest BCUT2D eigenvalue weighted by atomic mass is 35.5. The summed E-state index contributed by atoms with van der Waals surface area (Å²) in [6.07, 6.45) is -7.69. The van der Waals surface area contributed by atoms with Crippen LogP contribution in [-0.4, -0.2) is 139 Å². The quantitative estimate of drug-likeness (QED) is 0.0690. The SMILES string of the molecule is COC1C(c2c(O)c(O)c(Cl)c(C(O)(O)c3c(O)c(O)c(OC(O)(O)C(O)(O)O)c(O)c3O)c2O)OC(CO)C(O)C1OC. The van der Waals surface area contributed by atoms with Crippen molar-refractivity contribution < 1.29 is 101 Å². The predicted octanol–water partition coefficient (Wildman–Crippen LogP) is -4.06. The maximum Gasteiger partial charge on any atom is 0.409 e. The second-order valence-corrected chi connectivity index (χ2v) is 9.81. The number of aromatic hydroxyl groups is 7. The summed E-state index contributed by atoms with van der Waals surface area (Å²) in [4.78, 5) is 0. The summed E-state index contributed by atoms with van der Waals surface area (Å²) in [5.74, 6) is -26.6. The van der Waals surface area contributed by atoms with Gasteiger partial charge in [-0.15, -0.1) is 0 Å². The molecule has 3 rings (SSSR count). The van der Waals surface area contributed by atoms with Crippen LogP contribution >= 0.6 is 11.6 Å². The molecule has 1 aliphatic heterocycles. The number of hydrogen-bond acceptors (Lipinski definition) is 20. The first kappa shape index (κ1) is 35.1. The molecule has 5 atom stereocenters. The fraction of sp³-hybridized carbons (Fsp3) is 0.478. The average molecular weight is 661 g/mol. The van der Waals surface area contributed by atoms with Gasteiger partial charge in [0.2, 0.25) is 23.0 Å². The number of ether oxygens (including phenoxy) is 4. The van der Waals surface area contributed by atoms with Gasteiger partial charge in [-0.25, -0.2) is 0 Å². The molecule has 0 aliphatic carbocycles. The first-order valence-corrected chi connectivity index (χ1v) is 12.2. The van der Waals surface area contributed by atoms with Crippen molar-refractivity contribution in [3.63, 3.8) is 0 Å². The van der Waals surface area contributed by atoms with Crippen molar-refractivity contribution >= 4 is 11.6 Å². The summed E-state index contributed by atoms with van der Waals surface area (Å²) in [6, 6.07) is 0. The highest BCUT2D eigenvalue weighted by molar-refractivity contribution is 6.33. The van der Waals surface area contributed by atoms with E-state index in [1.54, 1.807) is 0 Å². The van der Waals surface area contributed by atoms with Gasteiger partial charge in [-0.2, -0.15) is 0 Å². The average Bonchev–Trinajstić information content (AvgIpc) is 2.92. The molecule has 21 heteroatoms. The van der Waals surface area contributed by atoms with E-state index in [0.717, 1.165) is 14.2 Å². The molecule has 1 saturated heterocycles. The maximum atomic E-state index is 11.2. The van der Waals surface area contributed by atoms with Crippen LogP contribution in [0.15, 0.2) is 0 Å². The van der Waals surface area contributed by atoms with E-state index >= 15 is 0 Å². The summed E-state index contributed by atoms with van der Waals surface area (Å²) in [5.41, 5.74) is -4.19. The molecule has 0 radical (unpaired) electrons. The zero-order valence-electron chi connectivity index (χ0n) is 22.3. The number of hydrogen-bond donors (Lipinski definition) is 16. The Labute approximate surface area is 249 Å². The number of aliphatic hydroxyl groups is 9. The minimum absolute atomic E-state index is 0.868. The maximum absolute atomic E-state index is 11.2. The summed E-state index contributed by atoms with van der Waals surface area (Å²) < 4.78 is 20.0. The lowest BCUT2D eigenvalue weighted by Crippen LogP contribution is -2.58. The van der Waals surface area contributed by atoms with E-state index in [2.05, 4.69) is 4.74 Å². The summed E-state index contributed by atoms with van der Waals surface area (Å²) in [5, 5.41) is 161. The minimum Gasteiger partial charge on any atom is -0.507 e. The van der Waals surface area contributed by atoms with Crippen LogP contribution in [0.2, 0.25) is 5.02 Å². The van der Waals surface area contributed by atoms with Gasteiger partial charge in [-0.1, -0.05) is 11.6 Å². The molecule has 1 fully saturated rings. The Kier molecular flexibility index (Phi) is 9.47. The molecule has 248 valence electrons. The van der Waals surface area contributed by atoms with Crippen LogP contribution in [0.25, 0.3) is 0 Å². The first-order valence-electron chi connectivity index (χ1n) is 11.8. The van der Waals surface area contributed by atoms with Gasteiger partial charge < -0.3 is 101 Å². The highest BCUT2D eigenvalue weighted by Crippen LogP contribution is 2.60. The summed E-state index contributed by atoms with van der Waals surface area (Å²) in [6.45, 7) is -0.868. The number of halogens is 1. The van der Waals surface area contributed by atoms with Gasteiger partial charge in [-0.3, -0.25) is 0 Å².